The first-order valence-electron chi connectivity index (χ1n) is 9.89. The lowest BCUT2D eigenvalue weighted by Crippen LogP contribution is -2.36. The molecular weight excluding hydrogens is 507 g/mol. The number of carbonyl (C=O) groups excluding carboxylic acids is 1. The van der Waals surface area contributed by atoms with Crippen LogP contribution in [-0.2, 0) is 19.7 Å². The monoisotopic (exact) mass is 527 g/mol. The average molecular weight is 527 g/mol. The summed E-state index contributed by atoms with van der Waals surface area (Å²) in [6.07, 6.45) is -4.10. The van der Waals surface area contributed by atoms with Crippen molar-refractivity contribution in [3.8, 4) is 11.5 Å². The number of anilines is 4. The topological polar surface area (TPSA) is 132 Å². The highest BCUT2D eigenvalue weighted by Gasteiger charge is 2.43. The predicted octanol–water partition coefficient (Wildman–Crippen LogP) is 3.62. The number of carbonyl (C=O) groups is 1. The van der Waals surface area contributed by atoms with Crippen LogP contribution in [0.25, 0.3) is 0 Å². The lowest BCUT2D eigenvalue weighted by Gasteiger charge is -2.17. The van der Waals surface area contributed by atoms with Crippen molar-refractivity contribution < 1.29 is 40.7 Å². The molecule has 0 saturated carbocycles. The number of alkyl halides is 3. The van der Waals surface area contributed by atoms with Gasteiger partial charge < -0.3 is 24.9 Å². The van der Waals surface area contributed by atoms with E-state index in [4.69, 9.17) is 9.47 Å². The van der Waals surface area contributed by atoms with Gasteiger partial charge in [0, 0.05) is 42.7 Å². The number of nitrogens with zero attached hydrogens (tertiary/aromatic N) is 3. The maximum atomic E-state index is 12.6. The molecule has 2 aromatic carbocycles. The summed E-state index contributed by atoms with van der Waals surface area (Å²) >= 11 is 0. The van der Waals surface area contributed by atoms with E-state index in [1.807, 2.05) is 0 Å². The number of hydroxylamine groups is 1. The first kappa shape index (κ1) is 26.5. The van der Waals surface area contributed by atoms with Crippen LogP contribution in [0, 0.1) is 0 Å². The van der Waals surface area contributed by atoms with Crippen LogP contribution in [0.4, 0.5) is 36.2 Å². The number of hydrogen-bond donors (Lipinski definition) is 2. The summed E-state index contributed by atoms with van der Waals surface area (Å²) < 4.78 is 72.7. The van der Waals surface area contributed by atoms with Crippen molar-refractivity contribution in [1.29, 1.82) is 0 Å². The Morgan fingerprint density at radius 2 is 1.50 bits per heavy atom. The van der Waals surface area contributed by atoms with Gasteiger partial charge in [0.1, 0.15) is 29.5 Å². The minimum atomic E-state index is -5.36. The van der Waals surface area contributed by atoms with Crippen molar-refractivity contribution in [1.82, 2.24) is 14.4 Å². The third kappa shape index (κ3) is 6.51. The Balaban J connectivity index is 1.78. The van der Waals surface area contributed by atoms with Gasteiger partial charge in [0.2, 0.25) is 0 Å². The second-order valence-corrected chi connectivity index (χ2v) is 8.89. The highest BCUT2D eigenvalue weighted by atomic mass is 32.2. The lowest BCUT2D eigenvalue weighted by atomic mass is 10.2. The first-order valence-corrected chi connectivity index (χ1v) is 11.3. The molecule has 0 spiro atoms. The van der Waals surface area contributed by atoms with E-state index in [1.54, 1.807) is 18.2 Å². The minimum Gasteiger partial charge on any atom is -0.497 e. The molecule has 3 rings (SSSR count). The van der Waals surface area contributed by atoms with Crippen LogP contribution in [0.1, 0.15) is 0 Å². The van der Waals surface area contributed by atoms with Gasteiger partial charge in [-0.15, -0.1) is 0 Å². The van der Waals surface area contributed by atoms with Gasteiger partial charge in [-0.3, -0.25) is 0 Å². The van der Waals surface area contributed by atoms with Crippen LogP contribution in [0.15, 0.2) is 59.8 Å². The summed E-state index contributed by atoms with van der Waals surface area (Å²) in [5.41, 5.74) is 0.847. The van der Waals surface area contributed by atoms with E-state index in [0.717, 1.165) is 12.1 Å². The van der Waals surface area contributed by atoms with E-state index in [-0.39, 0.29) is 16.0 Å². The molecule has 1 heterocycles. The zero-order valence-corrected chi connectivity index (χ0v) is 19.8. The van der Waals surface area contributed by atoms with Crippen LogP contribution in [-0.4, -0.2) is 56.3 Å². The summed E-state index contributed by atoms with van der Waals surface area (Å²) in [6.45, 7) is 0. The summed E-state index contributed by atoms with van der Waals surface area (Å²) in [5, 5.41) is 5.95. The van der Waals surface area contributed by atoms with Crippen LogP contribution in [0.3, 0.4) is 0 Å². The Hall–Kier alpha value is -4.11. The highest BCUT2D eigenvalue weighted by molar-refractivity contribution is 7.89. The molecule has 192 valence electrons. The van der Waals surface area contributed by atoms with Gasteiger partial charge in [-0.2, -0.15) is 13.2 Å². The molecule has 0 atom stereocenters. The Kier molecular flexibility index (Phi) is 7.84. The smallest absolute Gasteiger partial charge is 0.492 e. The van der Waals surface area contributed by atoms with Crippen molar-refractivity contribution in [2.45, 2.75) is 11.1 Å². The molecule has 0 aliphatic heterocycles. The number of aromatic nitrogens is 2. The Morgan fingerprint density at radius 3 is 2.06 bits per heavy atom. The van der Waals surface area contributed by atoms with Gasteiger partial charge in [0.25, 0.3) is 10.0 Å². The molecule has 0 radical (unpaired) electrons. The Labute approximate surface area is 203 Å². The van der Waals surface area contributed by atoms with E-state index < -0.39 is 27.1 Å². The number of halogens is 3. The molecule has 1 aromatic heterocycles. The Bertz CT molecular complexity index is 1330. The second-order valence-electron chi connectivity index (χ2n) is 6.96. The third-order valence-corrected chi connectivity index (χ3v) is 6.08. The number of hydrogen-bond acceptors (Lipinski definition) is 10. The molecular formula is C21H20F3N5O6S. The van der Waals surface area contributed by atoms with Gasteiger partial charge in [-0.1, -0.05) is 6.07 Å². The summed E-state index contributed by atoms with van der Waals surface area (Å²) in [4.78, 5) is 22.7. The van der Waals surface area contributed by atoms with E-state index >= 15 is 0 Å². The summed E-state index contributed by atoms with van der Waals surface area (Å²) in [5.74, 6) is -0.919. The van der Waals surface area contributed by atoms with Crippen LogP contribution < -0.4 is 20.1 Å². The summed E-state index contributed by atoms with van der Waals surface area (Å²) in [6, 6.07) is 11.8. The second kappa shape index (κ2) is 10.7. The van der Waals surface area contributed by atoms with E-state index in [1.165, 1.54) is 38.7 Å². The molecule has 2 N–H and O–H groups in total. The third-order valence-electron chi connectivity index (χ3n) is 4.48. The van der Waals surface area contributed by atoms with Crippen LogP contribution in [0.5, 0.6) is 11.5 Å². The summed E-state index contributed by atoms with van der Waals surface area (Å²) in [7, 11) is -0.891. The average Bonchev–Trinajstić information content (AvgIpc) is 2.83. The van der Waals surface area contributed by atoms with Gasteiger partial charge in [-0.05, 0) is 22.7 Å². The molecule has 15 heteroatoms. The van der Waals surface area contributed by atoms with Gasteiger partial charge in [0.05, 0.1) is 19.1 Å². The maximum absolute atomic E-state index is 12.6. The van der Waals surface area contributed by atoms with Gasteiger partial charge >= 0.3 is 12.1 Å². The molecule has 11 nitrogen and oxygen atoms in total. The van der Waals surface area contributed by atoms with Gasteiger partial charge in [0.15, 0.2) is 0 Å². The van der Waals surface area contributed by atoms with Crippen LogP contribution in [0.2, 0.25) is 0 Å². The standard InChI is InChI=1S/C21H20F3N5O6S/c1-29(35-20(30)21(22,23)24)36(31,32)17-6-4-5-13(9-17)27-18-11-19(26-12-25-18)28-14-7-15(33-2)10-16(8-14)34-3/h4-12H,1-3H3,(H2,25,26,27,28). The van der Waals surface area contributed by atoms with Crippen molar-refractivity contribution in [2.75, 3.05) is 31.9 Å². The molecule has 0 bridgehead atoms. The fraction of sp³-hybridized carbons (Fsp3) is 0.190. The minimum absolute atomic E-state index is 0.156. The number of benzene rings is 2. The quantitative estimate of drug-likeness (QED) is 0.398. The van der Waals surface area contributed by atoms with E-state index in [2.05, 4.69) is 25.4 Å². The molecule has 0 fully saturated rings. The van der Waals surface area contributed by atoms with Crippen molar-refractivity contribution >= 4 is 39.0 Å². The fourth-order valence-electron chi connectivity index (χ4n) is 2.77. The maximum Gasteiger partial charge on any atom is 0.492 e. The number of nitrogens with one attached hydrogen (secondary N) is 2. The highest BCUT2D eigenvalue weighted by Crippen LogP contribution is 2.28. The SMILES string of the molecule is COc1cc(Nc2cc(Nc3cccc(S(=O)(=O)N(C)OC(=O)C(F)(F)F)c3)ncn2)cc(OC)c1. The van der Waals surface area contributed by atoms with Crippen molar-refractivity contribution in [2.24, 2.45) is 0 Å². The molecule has 36 heavy (non-hydrogen) atoms. The lowest BCUT2D eigenvalue weighted by molar-refractivity contribution is -0.219. The van der Waals surface area contributed by atoms with Gasteiger partial charge in [-0.25, -0.2) is 23.2 Å². The van der Waals surface area contributed by atoms with Crippen molar-refractivity contribution in [3.63, 3.8) is 0 Å². The van der Waals surface area contributed by atoms with E-state index in [0.29, 0.717) is 30.1 Å². The molecule has 0 aliphatic carbocycles. The number of methoxy groups -OCH3 is 2. The number of rotatable bonds is 9. The molecule has 3 aromatic rings. The Morgan fingerprint density at radius 1 is 0.917 bits per heavy atom. The number of ether oxygens (including phenoxy) is 2. The zero-order chi connectivity index (χ0) is 26.5. The molecule has 0 unspecified atom stereocenters. The van der Waals surface area contributed by atoms with Crippen LogP contribution >= 0.6 is 0 Å². The largest absolute Gasteiger partial charge is 0.497 e. The fourth-order valence-corrected chi connectivity index (χ4v) is 3.76. The predicted molar refractivity (Wildman–Crippen MR) is 122 cm³/mol. The van der Waals surface area contributed by atoms with Crippen molar-refractivity contribution in [3.05, 3.63) is 54.9 Å². The first-order chi connectivity index (χ1) is 16.9. The van der Waals surface area contributed by atoms with E-state index in [9.17, 15) is 26.4 Å². The zero-order valence-electron chi connectivity index (χ0n) is 19.0. The molecule has 0 amide bonds. The normalized spacial score (nSPS) is 11.6. The molecule has 0 saturated heterocycles. The number of sulfonamides is 1. The molecule has 0 aliphatic rings.